The van der Waals surface area contributed by atoms with E-state index in [-0.39, 0.29) is 15.4 Å². The minimum atomic E-state index is -0.550. The van der Waals surface area contributed by atoms with Crippen molar-refractivity contribution < 1.29 is 4.92 Å². The summed E-state index contributed by atoms with van der Waals surface area (Å²) in [6, 6.07) is 0. The molecule has 0 spiro atoms. The van der Waals surface area contributed by atoms with Gasteiger partial charge in [0.1, 0.15) is 4.86 Å². The molecule has 3 nitrogen and oxygen atoms in total. The average Bonchev–Trinajstić information content (AvgIpc) is 2.09. The van der Waals surface area contributed by atoms with Gasteiger partial charge in [0, 0.05) is 17.0 Å². The molecule has 0 radical (unpaired) electrons. The van der Waals surface area contributed by atoms with Gasteiger partial charge in [-0.05, 0) is 6.08 Å². The highest BCUT2D eigenvalue weighted by molar-refractivity contribution is 7.90. The lowest BCUT2D eigenvalue weighted by Crippen LogP contribution is -2.22. The van der Waals surface area contributed by atoms with E-state index >= 15 is 0 Å². The van der Waals surface area contributed by atoms with Crippen molar-refractivity contribution in [1.82, 2.24) is 0 Å². The van der Waals surface area contributed by atoms with Crippen LogP contribution in [0.2, 0.25) is 0 Å². The molecule has 0 bridgehead atoms. The molecule has 66 valence electrons. The van der Waals surface area contributed by atoms with E-state index in [1.54, 1.807) is 0 Å². The topological polar surface area (TPSA) is 43.1 Å². The van der Waals surface area contributed by atoms with E-state index in [2.05, 4.69) is 12.2 Å². The van der Waals surface area contributed by atoms with E-state index < -0.39 is 4.92 Å². The summed E-state index contributed by atoms with van der Waals surface area (Å²) >= 11 is 14.4. The highest BCUT2D eigenvalue weighted by atomic mass is 32.1. The normalized spacial score (nSPS) is 16.3. The molecule has 1 rings (SSSR count). The standard InChI is InChI=1S/C7H3NO2S3/c9-8(10)5-2-1-4(3-11)6(12)7(5)13/h1-3H. The number of thiocarbonyl (C=S) groups is 3. The summed E-state index contributed by atoms with van der Waals surface area (Å²) in [5.74, 6) is 0. The summed E-state index contributed by atoms with van der Waals surface area (Å²) in [5, 5.41) is 11.8. The lowest BCUT2D eigenvalue weighted by atomic mass is 10.0. The Balaban J connectivity index is 3.19. The van der Waals surface area contributed by atoms with Crippen molar-refractivity contribution in [2.45, 2.75) is 0 Å². The molecule has 0 saturated heterocycles. The summed E-state index contributed by atoms with van der Waals surface area (Å²) < 4.78 is 0. The van der Waals surface area contributed by atoms with Crippen LogP contribution in [-0.2, 0) is 0 Å². The summed E-state index contributed by atoms with van der Waals surface area (Å²) in [5.41, 5.74) is 0.446. The smallest absolute Gasteiger partial charge is 0.258 e. The summed E-state index contributed by atoms with van der Waals surface area (Å²) in [6.45, 7) is 0. The van der Waals surface area contributed by atoms with Gasteiger partial charge in [-0.1, -0.05) is 36.7 Å². The van der Waals surface area contributed by atoms with Crippen molar-refractivity contribution in [1.29, 1.82) is 0 Å². The van der Waals surface area contributed by atoms with E-state index in [1.165, 1.54) is 17.5 Å². The van der Waals surface area contributed by atoms with Crippen LogP contribution in [0, 0.1) is 10.1 Å². The van der Waals surface area contributed by atoms with Crippen molar-refractivity contribution in [2.24, 2.45) is 0 Å². The molecular weight excluding hydrogens is 226 g/mol. The van der Waals surface area contributed by atoms with Gasteiger partial charge in [0.2, 0.25) is 0 Å². The van der Waals surface area contributed by atoms with E-state index in [4.69, 9.17) is 24.4 Å². The van der Waals surface area contributed by atoms with E-state index in [9.17, 15) is 10.1 Å². The molecule has 0 atom stereocenters. The van der Waals surface area contributed by atoms with Crippen LogP contribution in [0.1, 0.15) is 0 Å². The van der Waals surface area contributed by atoms with Crippen molar-refractivity contribution in [3.63, 3.8) is 0 Å². The van der Waals surface area contributed by atoms with Crippen LogP contribution in [-0.4, -0.2) is 20.0 Å². The molecule has 0 saturated carbocycles. The van der Waals surface area contributed by atoms with E-state index in [0.29, 0.717) is 5.57 Å². The van der Waals surface area contributed by atoms with Crippen LogP contribution in [0.4, 0.5) is 0 Å². The second-order valence-electron chi connectivity index (χ2n) is 2.21. The first-order valence-electron chi connectivity index (χ1n) is 3.18. The second-order valence-corrected chi connectivity index (χ2v) is 3.26. The summed E-state index contributed by atoms with van der Waals surface area (Å²) in [7, 11) is 0. The van der Waals surface area contributed by atoms with E-state index in [0.717, 1.165) is 0 Å². The van der Waals surface area contributed by atoms with Gasteiger partial charge < -0.3 is 0 Å². The molecule has 0 heterocycles. The highest BCUT2D eigenvalue weighted by Gasteiger charge is 2.25. The molecule has 6 heteroatoms. The molecule has 0 aliphatic heterocycles. The lowest BCUT2D eigenvalue weighted by Gasteiger charge is -2.07. The SMILES string of the molecule is O=[N+]([O-])C1=CC=C(C=S)C(=S)C1=S. The fraction of sp³-hybridized carbons (Fsp3) is 0. The van der Waals surface area contributed by atoms with Crippen molar-refractivity contribution in [3.05, 3.63) is 33.5 Å². The molecule has 13 heavy (non-hydrogen) atoms. The Kier molecular flexibility index (Phi) is 3.07. The summed E-state index contributed by atoms with van der Waals surface area (Å²) in [4.78, 5) is 10.2. The van der Waals surface area contributed by atoms with Gasteiger partial charge in [-0.25, -0.2) is 0 Å². The predicted octanol–water partition coefficient (Wildman–Crippen LogP) is 1.83. The number of nitrogens with zero attached hydrogens (tertiary/aromatic N) is 1. The zero-order chi connectivity index (χ0) is 10.0. The quantitative estimate of drug-likeness (QED) is 0.410. The zero-order valence-electron chi connectivity index (χ0n) is 6.22. The first-order valence-corrected chi connectivity index (χ1v) is 4.47. The van der Waals surface area contributed by atoms with Crippen molar-refractivity contribution in [2.75, 3.05) is 0 Å². The molecule has 0 aromatic heterocycles. The number of rotatable bonds is 2. The lowest BCUT2D eigenvalue weighted by molar-refractivity contribution is -0.414. The Morgan fingerprint density at radius 3 is 2.38 bits per heavy atom. The second kappa shape index (κ2) is 3.91. The molecule has 0 fully saturated rings. The highest BCUT2D eigenvalue weighted by Crippen LogP contribution is 2.14. The van der Waals surface area contributed by atoms with Crippen LogP contribution in [0.25, 0.3) is 0 Å². The summed E-state index contributed by atoms with van der Waals surface area (Å²) in [6.07, 6.45) is 2.82. The maximum absolute atomic E-state index is 10.4. The van der Waals surface area contributed by atoms with Crippen LogP contribution in [0.15, 0.2) is 23.4 Å². The molecule has 0 N–H and O–H groups in total. The zero-order valence-corrected chi connectivity index (χ0v) is 8.67. The number of nitro groups is 1. The Hall–Kier alpha value is -0.850. The Morgan fingerprint density at radius 1 is 1.31 bits per heavy atom. The largest absolute Gasteiger partial charge is 0.288 e. The maximum atomic E-state index is 10.4. The number of allylic oxidation sites excluding steroid dienone is 4. The van der Waals surface area contributed by atoms with Gasteiger partial charge in [-0.3, -0.25) is 10.1 Å². The first-order chi connectivity index (χ1) is 6.07. The van der Waals surface area contributed by atoms with Gasteiger partial charge in [0.05, 0.1) is 9.79 Å². The molecule has 0 unspecified atom stereocenters. The molecular formula is C7H3NO2S3. The molecule has 1 aliphatic rings. The minimum absolute atomic E-state index is 0.0820. The fourth-order valence-corrected chi connectivity index (χ4v) is 1.57. The van der Waals surface area contributed by atoms with Gasteiger partial charge in [0.15, 0.2) is 0 Å². The first kappa shape index (κ1) is 10.2. The number of hydrogen-bond donors (Lipinski definition) is 0. The maximum Gasteiger partial charge on any atom is 0.288 e. The van der Waals surface area contributed by atoms with Gasteiger partial charge in [-0.2, -0.15) is 0 Å². The Bertz CT molecular complexity index is 381. The Morgan fingerprint density at radius 2 is 1.92 bits per heavy atom. The van der Waals surface area contributed by atoms with Crippen molar-refractivity contribution >= 4 is 51.8 Å². The van der Waals surface area contributed by atoms with Gasteiger partial charge in [-0.15, -0.1) is 0 Å². The minimum Gasteiger partial charge on any atom is -0.258 e. The predicted molar refractivity (Wildman–Crippen MR) is 62.0 cm³/mol. The van der Waals surface area contributed by atoms with Crippen LogP contribution >= 0.6 is 36.7 Å². The van der Waals surface area contributed by atoms with Crippen LogP contribution in [0.3, 0.4) is 0 Å². The molecule has 0 aromatic rings. The monoisotopic (exact) mass is 229 g/mol. The third kappa shape index (κ3) is 1.90. The molecule has 0 aromatic carbocycles. The van der Waals surface area contributed by atoms with Crippen molar-refractivity contribution in [3.8, 4) is 0 Å². The average molecular weight is 229 g/mol. The third-order valence-electron chi connectivity index (χ3n) is 1.45. The van der Waals surface area contributed by atoms with Gasteiger partial charge >= 0.3 is 0 Å². The van der Waals surface area contributed by atoms with Crippen LogP contribution in [0.5, 0.6) is 0 Å². The number of hydrogen-bond acceptors (Lipinski definition) is 5. The fourth-order valence-electron chi connectivity index (χ4n) is 0.804. The van der Waals surface area contributed by atoms with Crippen LogP contribution < -0.4 is 0 Å². The Labute approximate surface area is 90.3 Å². The van der Waals surface area contributed by atoms with Gasteiger partial charge in [0.25, 0.3) is 5.70 Å². The molecule has 0 amide bonds. The van der Waals surface area contributed by atoms with E-state index in [1.807, 2.05) is 0 Å². The molecule has 1 aliphatic carbocycles. The third-order valence-corrected chi connectivity index (χ3v) is 2.68.